The van der Waals surface area contributed by atoms with E-state index < -0.39 is 23.6 Å². The van der Waals surface area contributed by atoms with Gasteiger partial charge in [0.25, 0.3) is 11.1 Å². The van der Waals surface area contributed by atoms with Crippen LogP contribution in [-0.4, -0.2) is 42.2 Å². The van der Waals surface area contributed by atoms with Crippen LogP contribution in [0.1, 0.15) is 18.1 Å². The minimum Gasteiger partial charge on any atom is -0.494 e. The maximum Gasteiger partial charge on any atom is 0.294 e. The number of thioether (sulfide) groups is 1. The molecule has 0 unspecified atom stereocenters. The molecule has 1 heterocycles. The molecule has 8 nitrogen and oxygen atoms in total. The van der Waals surface area contributed by atoms with Crippen molar-refractivity contribution in [2.24, 2.45) is 0 Å². The lowest BCUT2D eigenvalue weighted by atomic mass is 10.1. The van der Waals surface area contributed by atoms with E-state index in [0.717, 1.165) is 16.7 Å². The average Bonchev–Trinajstić information content (AvgIpc) is 3.17. The Hall–Kier alpha value is -3.83. The van der Waals surface area contributed by atoms with Crippen molar-refractivity contribution in [2.45, 2.75) is 13.5 Å². The second-order valence-corrected chi connectivity index (χ2v) is 10.1. The fourth-order valence-electron chi connectivity index (χ4n) is 3.64. The summed E-state index contributed by atoms with van der Waals surface area (Å²) in [6.07, 6.45) is 1.54. The highest BCUT2D eigenvalue weighted by Gasteiger charge is 2.36. The van der Waals surface area contributed by atoms with E-state index in [1.807, 2.05) is 6.92 Å². The molecule has 39 heavy (non-hydrogen) atoms. The summed E-state index contributed by atoms with van der Waals surface area (Å²) in [5, 5.41) is 2.12. The zero-order chi connectivity index (χ0) is 27.9. The maximum atomic E-state index is 13.5. The summed E-state index contributed by atoms with van der Waals surface area (Å²) in [4.78, 5) is 39.1. The van der Waals surface area contributed by atoms with Gasteiger partial charge in [-0.2, -0.15) is 0 Å². The first-order valence-electron chi connectivity index (χ1n) is 11.8. The van der Waals surface area contributed by atoms with Gasteiger partial charge in [0.2, 0.25) is 5.91 Å². The number of benzene rings is 3. The number of ether oxygens (including phenoxy) is 3. The Morgan fingerprint density at radius 1 is 1.08 bits per heavy atom. The quantitative estimate of drug-likeness (QED) is 0.270. The van der Waals surface area contributed by atoms with E-state index in [1.165, 1.54) is 25.3 Å². The Kier molecular flexibility index (Phi) is 9.26. The number of amides is 3. The molecule has 0 atom stereocenters. The van der Waals surface area contributed by atoms with Crippen molar-refractivity contribution in [1.29, 1.82) is 0 Å². The van der Waals surface area contributed by atoms with Crippen LogP contribution in [0.15, 0.2) is 70.0 Å². The van der Waals surface area contributed by atoms with E-state index in [0.29, 0.717) is 45.1 Å². The van der Waals surface area contributed by atoms with Gasteiger partial charge in [-0.15, -0.1) is 0 Å². The standard InChI is InChI=1S/C28H24BrFN2O6S/c1-3-37-21-9-7-20(8-10-21)31-26(33)15-32-27(34)25(39-28(32)35)13-18-12-23(36-2)24(14-22(18)29)38-16-17-5-4-6-19(30)11-17/h4-14H,3,15-16H2,1-2H3,(H,31,33)/b25-13+. The molecule has 1 aliphatic heterocycles. The van der Waals surface area contributed by atoms with Crippen molar-refractivity contribution in [3.05, 3.63) is 87.0 Å². The van der Waals surface area contributed by atoms with Crippen molar-refractivity contribution >= 4 is 56.5 Å². The van der Waals surface area contributed by atoms with Crippen molar-refractivity contribution in [3.8, 4) is 17.2 Å². The zero-order valence-electron chi connectivity index (χ0n) is 21.0. The van der Waals surface area contributed by atoms with Gasteiger partial charge >= 0.3 is 0 Å². The van der Waals surface area contributed by atoms with Crippen LogP contribution in [0.5, 0.6) is 17.2 Å². The number of hydrogen-bond donors (Lipinski definition) is 1. The van der Waals surface area contributed by atoms with Crippen molar-refractivity contribution in [2.75, 3.05) is 25.6 Å². The van der Waals surface area contributed by atoms with Crippen LogP contribution in [0.25, 0.3) is 6.08 Å². The molecule has 11 heteroatoms. The third kappa shape index (κ3) is 7.18. The summed E-state index contributed by atoms with van der Waals surface area (Å²) in [6.45, 7) is 2.09. The number of hydrogen-bond acceptors (Lipinski definition) is 7. The van der Waals surface area contributed by atoms with E-state index in [9.17, 15) is 18.8 Å². The molecule has 0 saturated carbocycles. The Balaban J connectivity index is 1.44. The molecule has 202 valence electrons. The van der Waals surface area contributed by atoms with Gasteiger partial charge in [-0.3, -0.25) is 19.3 Å². The number of halogens is 2. The van der Waals surface area contributed by atoms with Gasteiger partial charge in [0, 0.05) is 10.2 Å². The van der Waals surface area contributed by atoms with Gasteiger partial charge in [0.1, 0.15) is 24.7 Å². The fourth-order valence-corrected chi connectivity index (χ4v) is 4.91. The van der Waals surface area contributed by atoms with Gasteiger partial charge in [-0.1, -0.05) is 28.1 Å². The lowest BCUT2D eigenvalue weighted by Gasteiger charge is -2.14. The smallest absolute Gasteiger partial charge is 0.294 e. The molecule has 4 rings (SSSR count). The summed E-state index contributed by atoms with van der Waals surface area (Å²) in [6, 6.07) is 16.2. The SMILES string of the molecule is CCOc1ccc(NC(=O)CN2C(=O)S/C(=C/c3cc(OC)c(OCc4cccc(F)c4)cc3Br)C2=O)cc1. The van der Waals surface area contributed by atoms with Crippen LogP contribution in [0.2, 0.25) is 0 Å². The zero-order valence-corrected chi connectivity index (χ0v) is 23.4. The fraction of sp³-hybridized carbons (Fsp3) is 0.179. The van der Waals surface area contributed by atoms with Crippen LogP contribution in [-0.2, 0) is 16.2 Å². The highest BCUT2D eigenvalue weighted by atomic mass is 79.9. The summed E-state index contributed by atoms with van der Waals surface area (Å²) >= 11 is 4.21. The van der Waals surface area contributed by atoms with Crippen LogP contribution in [0, 0.1) is 5.82 Å². The van der Waals surface area contributed by atoms with Gasteiger partial charge in [0.05, 0.1) is 18.6 Å². The molecular weight excluding hydrogens is 591 g/mol. The topological polar surface area (TPSA) is 94.2 Å². The number of nitrogens with one attached hydrogen (secondary N) is 1. The van der Waals surface area contributed by atoms with Crippen molar-refractivity contribution < 1.29 is 33.0 Å². The van der Waals surface area contributed by atoms with E-state index in [2.05, 4.69) is 21.2 Å². The molecule has 1 fully saturated rings. The molecular formula is C28H24BrFN2O6S. The number of imide groups is 1. The molecule has 1 saturated heterocycles. The number of anilines is 1. The number of rotatable bonds is 10. The second kappa shape index (κ2) is 12.8. The molecule has 0 aromatic heterocycles. The van der Waals surface area contributed by atoms with Crippen molar-refractivity contribution in [1.82, 2.24) is 4.90 Å². The van der Waals surface area contributed by atoms with E-state index in [4.69, 9.17) is 14.2 Å². The third-order valence-corrected chi connectivity index (χ3v) is 7.07. The van der Waals surface area contributed by atoms with Crippen molar-refractivity contribution in [3.63, 3.8) is 0 Å². The first kappa shape index (κ1) is 28.2. The normalized spacial score (nSPS) is 14.1. The Bertz CT molecular complexity index is 1430. The van der Waals surface area contributed by atoms with Gasteiger partial charge in [-0.25, -0.2) is 4.39 Å². The number of nitrogens with zero attached hydrogens (tertiary/aromatic N) is 1. The molecule has 3 amide bonds. The van der Waals surface area contributed by atoms with Crippen LogP contribution >= 0.6 is 27.7 Å². The predicted molar refractivity (Wildman–Crippen MR) is 150 cm³/mol. The maximum absolute atomic E-state index is 13.5. The largest absolute Gasteiger partial charge is 0.494 e. The van der Waals surface area contributed by atoms with Crippen LogP contribution in [0.4, 0.5) is 14.9 Å². The molecule has 3 aromatic carbocycles. The second-order valence-electron chi connectivity index (χ2n) is 8.22. The van der Waals surface area contributed by atoms with Crippen LogP contribution < -0.4 is 19.5 Å². The molecule has 0 aliphatic carbocycles. The lowest BCUT2D eigenvalue weighted by molar-refractivity contribution is -0.127. The average molecular weight is 615 g/mol. The van der Waals surface area contributed by atoms with Gasteiger partial charge in [0.15, 0.2) is 11.5 Å². The number of methoxy groups -OCH3 is 1. The summed E-state index contributed by atoms with van der Waals surface area (Å²) < 4.78 is 30.7. The molecule has 3 aromatic rings. The highest BCUT2D eigenvalue weighted by molar-refractivity contribution is 9.10. The summed E-state index contributed by atoms with van der Waals surface area (Å²) in [5.74, 6) is 0.0110. The van der Waals surface area contributed by atoms with E-state index >= 15 is 0 Å². The molecule has 0 radical (unpaired) electrons. The van der Waals surface area contributed by atoms with Gasteiger partial charge < -0.3 is 19.5 Å². The molecule has 1 N–H and O–H groups in total. The summed E-state index contributed by atoms with van der Waals surface area (Å²) in [7, 11) is 1.47. The van der Waals surface area contributed by atoms with Gasteiger partial charge in [-0.05, 0) is 84.4 Å². The Morgan fingerprint density at radius 2 is 1.85 bits per heavy atom. The Morgan fingerprint density at radius 3 is 2.54 bits per heavy atom. The minimum atomic E-state index is -0.579. The third-order valence-electron chi connectivity index (χ3n) is 5.48. The first-order valence-corrected chi connectivity index (χ1v) is 13.4. The Labute approximate surface area is 237 Å². The summed E-state index contributed by atoms with van der Waals surface area (Å²) in [5.41, 5.74) is 1.73. The lowest BCUT2D eigenvalue weighted by Crippen LogP contribution is -2.36. The minimum absolute atomic E-state index is 0.123. The molecule has 0 spiro atoms. The highest BCUT2D eigenvalue weighted by Crippen LogP contribution is 2.38. The number of carbonyl (C=O) groups excluding carboxylic acids is 3. The predicted octanol–water partition coefficient (Wildman–Crippen LogP) is 6.25. The monoisotopic (exact) mass is 614 g/mol. The molecule has 1 aliphatic rings. The van der Waals surface area contributed by atoms with E-state index in [-0.39, 0.29) is 17.3 Å². The van der Waals surface area contributed by atoms with E-state index in [1.54, 1.807) is 48.5 Å². The molecule has 0 bridgehead atoms. The first-order chi connectivity index (χ1) is 18.8. The number of carbonyl (C=O) groups is 3. The van der Waals surface area contributed by atoms with Crippen LogP contribution in [0.3, 0.4) is 0 Å².